The standard InChI is InChI=1S/C18H21NO2/c1-12-11-13(9-10-15(12)20-4)19-17-14-7-5-6-8-16(14)21-18(17,2)3/h5-11,17,19H,1-4H3. The Morgan fingerprint density at radius 3 is 2.62 bits per heavy atom. The van der Waals surface area contributed by atoms with Crippen molar-refractivity contribution in [1.29, 1.82) is 0 Å². The van der Waals surface area contributed by atoms with Crippen LogP contribution in [-0.2, 0) is 0 Å². The molecule has 1 N–H and O–H groups in total. The fourth-order valence-electron chi connectivity index (χ4n) is 2.92. The molecule has 3 nitrogen and oxygen atoms in total. The van der Waals surface area contributed by atoms with Gasteiger partial charge in [0, 0.05) is 11.3 Å². The van der Waals surface area contributed by atoms with Gasteiger partial charge >= 0.3 is 0 Å². The van der Waals surface area contributed by atoms with E-state index in [-0.39, 0.29) is 11.6 Å². The Labute approximate surface area is 125 Å². The van der Waals surface area contributed by atoms with E-state index in [0.29, 0.717) is 0 Å². The highest BCUT2D eigenvalue weighted by atomic mass is 16.5. The highest BCUT2D eigenvalue weighted by Crippen LogP contribution is 2.44. The summed E-state index contributed by atoms with van der Waals surface area (Å²) in [6.45, 7) is 6.27. The molecule has 1 atom stereocenters. The maximum Gasteiger partial charge on any atom is 0.128 e. The fourth-order valence-corrected chi connectivity index (χ4v) is 2.92. The van der Waals surface area contributed by atoms with E-state index in [9.17, 15) is 0 Å². The monoisotopic (exact) mass is 283 g/mol. The molecular formula is C18H21NO2. The quantitative estimate of drug-likeness (QED) is 0.909. The lowest BCUT2D eigenvalue weighted by Gasteiger charge is -2.28. The highest BCUT2D eigenvalue weighted by Gasteiger charge is 2.40. The molecule has 1 aliphatic rings. The summed E-state index contributed by atoms with van der Waals surface area (Å²) in [5.41, 5.74) is 3.12. The minimum absolute atomic E-state index is 0.126. The maximum absolute atomic E-state index is 6.07. The van der Waals surface area contributed by atoms with Gasteiger partial charge in [-0.1, -0.05) is 18.2 Å². The average molecular weight is 283 g/mol. The first kappa shape index (κ1) is 13.8. The van der Waals surface area contributed by atoms with Crippen molar-refractivity contribution >= 4 is 5.69 Å². The summed E-state index contributed by atoms with van der Waals surface area (Å²) in [5, 5.41) is 3.60. The van der Waals surface area contributed by atoms with Gasteiger partial charge in [0.1, 0.15) is 17.1 Å². The van der Waals surface area contributed by atoms with E-state index in [2.05, 4.69) is 37.4 Å². The van der Waals surface area contributed by atoms with Crippen LogP contribution in [0.25, 0.3) is 0 Å². The van der Waals surface area contributed by atoms with E-state index in [1.807, 2.05) is 31.2 Å². The van der Waals surface area contributed by atoms with Crippen LogP contribution in [0.3, 0.4) is 0 Å². The molecule has 110 valence electrons. The normalized spacial score (nSPS) is 18.8. The molecule has 0 saturated heterocycles. The number of hydrogen-bond donors (Lipinski definition) is 1. The smallest absolute Gasteiger partial charge is 0.128 e. The first-order valence-electron chi connectivity index (χ1n) is 7.20. The summed E-state index contributed by atoms with van der Waals surface area (Å²) in [5.74, 6) is 1.87. The van der Waals surface area contributed by atoms with E-state index >= 15 is 0 Å². The van der Waals surface area contributed by atoms with Crippen LogP contribution in [0, 0.1) is 6.92 Å². The molecule has 0 aliphatic carbocycles. The number of anilines is 1. The zero-order valence-electron chi connectivity index (χ0n) is 12.9. The van der Waals surface area contributed by atoms with Crippen LogP contribution in [-0.4, -0.2) is 12.7 Å². The van der Waals surface area contributed by atoms with Crippen LogP contribution in [0.2, 0.25) is 0 Å². The Morgan fingerprint density at radius 1 is 1.14 bits per heavy atom. The van der Waals surface area contributed by atoms with Gasteiger partial charge in [-0.25, -0.2) is 0 Å². The molecule has 2 aromatic rings. The Hall–Kier alpha value is -2.16. The van der Waals surface area contributed by atoms with Crippen molar-refractivity contribution in [2.45, 2.75) is 32.4 Å². The van der Waals surface area contributed by atoms with Gasteiger partial charge in [0.2, 0.25) is 0 Å². The van der Waals surface area contributed by atoms with Crippen molar-refractivity contribution in [3.63, 3.8) is 0 Å². The summed E-state index contributed by atoms with van der Waals surface area (Å²) < 4.78 is 11.4. The third-order valence-electron chi connectivity index (χ3n) is 4.00. The van der Waals surface area contributed by atoms with Gasteiger partial charge in [0.05, 0.1) is 13.2 Å². The summed E-state index contributed by atoms with van der Waals surface area (Å²) >= 11 is 0. The molecule has 0 saturated carbocycles. The fraction of sp³-hybridized carbons (Fsp3) is 0.333. The predicted octanol–water partition coefficient (Wildman–Crippen LogP) is 4.33. The maximum atomic E-state index is 6.07. The second kappa shape index (κ2) is 4.99. The van der Waals surface area contributed by atoms with Crippen molar-refractivity contribution in [1.82, 2.24) is 0 Å². The first-order chi connectivity index (χ1) is 10.0. The largest absolute Gasteiger partial charge is 0.496 e. The molecule has 1 unspecified atom stereocenters. The third kappa shape index (κ3) is 2.44. The van der Waals surface area contributed by atoms with E-state index in [0.717, 1.165) is 22.7 Å². The van der Waals surface area contributed by atoms with Crippen molar-refractivity contribution in [2.24, 2.45) is 0 Å². The lowest BCUT2D eigenvalue weighted by molar-refractivity contribution is 0.118. The summed E-state index contributed by atoms with van der Waals surface area (Å²) in [7, 11) is 1.69. The molecule has 21 heavy (non-hydrogen) atoms. The Kier molecular flexibility index (Phi) is 3.28. The first-order valence-corrected chi connectivity index (χ1v) is 7.20. The van der Waals surface area contributed by atoms with E-state index in [4.69, 9.17) is 9.47 Å². The van der Waals surface area contributed by atoms with Crippen LogP contribution in [0.5, 0.6) is 11.5 Å². The van der Waals surface area contributed by atoms with Gasteiger partial charge in [-0.3, -0.25) is 0 Å². The molecule has 0 amide bonds. The summed E-state index contributed by atoms with van der Waals surface area (Å²) in [4.78, 5) is 0. The van der Waals surface area contributed by atoms with Gasteiger partial charge in [0.15, 0.2) is 0 Å². The third-order valence-corrected chi connectivity index (χ3v) is 4.00. The summed E-state index contributed by atoms with van der Waals surface area (Å²) in [6.07, 6.45) is 0. The minimum Gasteiger partial charge on any atom is -0.496 e. The number of aryl methyl sites for hydroxylation is 1. The molecule has 1 aliphatic heterocycles. The molecule has 0 bridgehead atoms. The van der Waals surface area contributed by atoms with Gasteiger partial charge < -0.3 is 14.8 Å². The van der Waals surface area contributed by atoms with Crippen molar-refractivity contribution in [2.75, 3.05) is 12.4 Å². The zero-order chi connectivity index (χ0) is 15.0. The lowest BCUT2D eigenvalue weighted by atomic mass is 9.94. The number of fused-ring (bicyclic) bond motifs is 1. The minimum atomic E-state index is -0.280. The van der Waals surface area contributed by atoms with Gasteiger partial charge in [-0.2, -0.15) is 0 Å². The van der Waals surface area contributed by atoms with Crippen LogP contribution >= 0.6 is 0 Å². The number of methoxy groups -OCH3 is 1. The number of nitrogens with one attached hydrogen (secondary N) is 1. The van der Waals surface area contributed by atoms with E-state index in [1.165, 1.54) is 5.56 Å². The Morgan fingerprint density at radius 2 is 1.90 bits per heavy atom. The second-order valence-corrected chi connectivity index (χ2v) is 6.01. The molecule has 0 fully saturated rings. The number of para-hydroxylation sites is 1. The lowest BCUT2D eigenvalue weighted by Crippen LogP contribution is -2.34. The topological polar surface area (TPSA) is 30.5 Å². The molecule has 0 radical (unpaired) electrons. The van der Waals surface area contributed by atoms with E-state index in [1.54, 1.807) is 7.11 Å². The number of benzene rings is 2. The Bertz CT molecular complexity index is 664. The van der Waals surface area contributed by atoms with Crippen LogP contribution < -0.4 is 14.8 Å². The average Bonchev–Trinajstić information content (AvgIpc) is 2.70. The van der Waals surface area contributed by atoms with Crippen LogP contribution in [0.4, 0.5) is 5.69 Å². The second-order valence-electron chi connectivity index (χ2n) is 6.01. The molecule has 3 rings (SSSR count). The molecule has 2 aromatic carbocycles. The van der Waals surface area contributed by atoms with Gasteiger partial charge in [-0.05, 0) is 50.6 Å². The summed E-state index contributed by atoms with van der Waals surface area (Å²) in [6, 6.07) is 14.5. The van der Waals surface area contributed by atoms with E-state index < -0.39 is 0 Å². The van der Waals surface area contributed by atoms with Gasteiger partial charge in [0.25, 0.3) is 0 Å². The van der Waals surface area contributed by atoms with Crippen LogP contribution in [0.15, 0.2) is 42.5 Å². The van der Waals surface area contributed by atoms with Crippen molar-refractivity contribution in [3.8, 4) is 11.5 Å². The molecule has 3 heteroatoms. The molecule has 1 heterocycles. The number of ether oxygens (including phenoxy) is 2. The molecule has 0 aromatic heterocycles. The van der Waals surface area contributed by atoms with Crippen LogP contribution in [0.1, 0.15) is 31.0 Å². The van der Waals surface area contributed by atoms with Gasteiger partial charge in [-0.15, -0.1) is 0 Å². The van der Waals surface area contributed by atoms with Crippen molar-refractivity contribution < 1.29 is 9.47 Å². The SMILES string of the molecule is COc1ccc(NC2c3ccccc3OC2(C)C)cc1C. The zero-order valence-corrected chi connectivity index (χ0v) is 12.9. The number of rotatable bonds is 3. The Balaban J connectivity index is 1.92. The molecule has 0 spiro atoms. The molecular weight excluding hydrogens is 262 g/mol. The predicted molar refractivity (Wildman–Crippen MR) is 85.2 cm³/mol. The number of hydrogen-bond acceptors (Lipinski definition) is 3. The highest BCUT2D eigenvalue weighted by molar-refractivity contribution is 5.55. The van der Waals surface area contributed by atoms with Crippen molar-refractivity contribution in [3.05, 3.63) is 53.6 Å².